The van der Waals surface area contributed by atoms with Crippen molar-refractivity contribution in [3.05, 3.63) is 11.5 Å². The fourth-order valence-corrected chi connectivity index (χ4v) is 5.74. The van der Waals surface area contributed by atoms with Crippen LogP contribution in [0.1, 0.15) is 44.1 Å². The molecule has 2 saturated heterocycles. The molecular weight excluding hydrogens is 404 g/mol. The van der Waals surface area contributed by atoms with Gasteiger partial charge in [0.05, 0.1) is 0 Å². The zero-order chi connectivity index (χ0) is 19.7. The van der Waals surface area contributed by atoms with Crippen molar-refractivity contribution < 1.29 is 17.7 Å². The summed E-state index contributed by atoms with van der Waals surface area (Å²) < 4.78 is 32.2. The van der Waals surface area contributed by atoms with Gasteiger partial charge in [0.2, 0.25) is 15.9 Å². The summed E-state index contributed by atoms with van der Waals surface area (Å²) in [6.45, 7) is 8.80. The van der Waals surface area contributed by atoms with E-state index in [4.69, 9.17) is 4.52 Å². The summed E-state index contributed by atoms with van der Waals surface area (Å²) >= 11 is 0. The third kappa shape index (κ3) is 4.87. The van der Waals surface area contributed by atoms with Crippen molar-refractivity contribution in [3.8, 4) is 0 Å². The van der Waals surface area contributed by atoms with Gasteiger partial charge in [-0.05, 0) is 58.0 Å². The number of carbonyl (C=O) groups is 1. The number of rotatable bonds is 5. The minimum Gasteiger partial charge on any atom is -0.360 e. The Bertz CT molecular complexity index is 762. The minimum absolute atomic E-state index is 0. The Kier molecular flexibility index (Phi) is 7.52. The van der Waals surface area contributed by atoms with E-state index >= 15 is 0 Å². The number of halogens is 1. The van der Waals surface area contributed by atoms with Crippen LogP contribution in [0.4, 0.5) is 0 Å². The van der Waals surface area contributed by atoms with Crippen LogP contribution in [-0.2, 0) is 14.8 Å². The molecular formula is C18H31ClN4O4S. The van der Waals surface area contributed by atoms with E-state index in [9.17, 15) is 13.2 Å². The highest BCUT2D eigenvalue weighted by Crippen LogP contribution is 2.29. The van der Waals surface area contributed by atoms with E-state index in [-0.39, 0.29) is 34.5 Å². The number of piperidine rings is 2. The number of carbonyl (C=O) groups excluding carboxylic acids is 1. The van der Waals surface area contributed by atoms with Crippen LogP contribution >= 0.6 is 12.4 Å². The third-order valence-corrected chi connectivity index (χ3v) is 8.03. The molecule has 0 aromatic carbocycles. The maximum absolute atomic E-state index is 12.9. The van der Waals surface area contributed by atoms with Crippen LogP contribution in [0.25, 0.3) is 0 Å². The topological polar surface area (TPSA) is 105 Å². The highest BCUT2D eigenvalue weighted by Gasteiger charge is 2.36. The van der Waals surface area contributed by atoms with Crippen molar-refractivity contribution in [2.24, 2.45) is 11.3 Å². The summed E-state index contributed by atoms with van der Waals surface area (Å²) in [6.07, 6.45) is 3.18. The number of hydrogen-bond donors (Lipinski definition) is 2. The SMILES string of the molecule is Cc1noc(C)c1S(=O)(=O)N1CCC(C(=O)NCC2(C)CCNCC2)CC1.Cl. The second kappa shape index (κ2) is 9.11. The number of aryl methyl sites for hydroxylation is 2. The lowest BCUT2D eigenvalue weighted by molar-refractivity contribution is -0.126. The molecule has 2 N–H and O–H groups in total. The molecule has 0 radical (unpaired) electrons. The van der Waals surface area contributed by atoms with Crippen LogP contribution in [0.3, 0.4) is 0 Å². The van der Waals surface area contributed by atoms with Crippen LogP contribution in [0.5, 0.6) is 0 Å². The summed E-state index contributed by atoms with van der Waals surface area (Å²) in [7, 11) is -3.63. The van der Waals surface area contributed by atoms with Crippen molar-refractivity contribution in [1.29, 1.82) is 0 Å². The summed E-state index contributed by atoms with van der Waals surface area (Å²) in [5.41, 5.74) is 0.525. The molecule has 1 amide bonds. The van der Waals surface area contributed by atoms with E-state index in [1.807, 2.05) is 0 Å². The first-order valence-corrected chi connectivity index (χ1v) is 11.1. The Morgan fingerprint density at radius 1 is 1.29 bits per heavy atom. The first kappa shape index (κ1) is 23.1. The number of aromatic nitrogens is 1. The van der Waals surface area contributed by atoms with Crippen molar-refractivity contribution in [1.82, 2.24) is 20.1 Å². The van der Waals surface area contributed by atoms with Gasteiger partial charge >= 0.3 is 0 Å². The van der Waals surface area contributed by atoms with Crippen LogP contribution in [0.2, 0.25) is 0 Å². The molecule has 0 bridgehead atoms. The molecule has 0 atom stereocenters. The van der Waals surface area contributed by atoms with Gasteiger partial charge in [-0.2, -0.15) is 4.31 Å². The summed E-state index contributed by atoms with van der Waals surface area (Å²) in [4.78, 5) is 12.7. The van der Waals surface area contributed by atoms with Crippen LogP contribution < -0.4 is 10.6 Å². The Labute approximate surface area is 173 Å². The Hall–Kier alpha value is -1.16. The van der Waals surface area contributed by atoms with Crippen LogP contribution in [-0.4, -0.2) is 56.5 Å². The van der Waals surface area contributed by atoms with Gasteiger partial charge in [0.1, 0.15) is 10.6 Å². The molecule has 0 saturated carbocycles. The lowest BCUT2D eigenvalue weighted by atomic mass is 9.81. The van der Waals surface area contributed by atoms with Crippen molar-refractivity contribution in [2.75, 3.05) is 32.7 Å². The van der Waals surface area contributed by atoms with E-state index < -0.39 is 10.0 Å². The Morgan fingerprint density at radius 3 is 2.43 bits per heavy atom. The maximum Gasteiger partial charge on any atom is 0.248 e. The van der Waals surface area contributed by atoms with E-state index in [0.29, 0.717) is 43.9 Å². The predicted molar refractivity (Wildman–Crippen MR) is 108 cm³/mol. The summed E-state index contributed by atoms with van der Waals surface area (Å²) in [6, 6.07) is 0. The summed E-state index contributed by atoms with van der Waals surface area (Å²) in [5, 5.41) is 10.2. The molecule has 28 heavy (non-hydrogen) atoms. The maximum atomic E-state index is 12.9. The van der Waals surface area contributed by atoms with E-state index in [0.717, 1.165) is 25.9 Å². The highest BCUT2D eigenvalue weighted by atomic mass is 35.5. The first-order chi connectivity index (χ1) is 12.7. The molecule has 0 aliphatic carbocycles. The molecule has 10 heteroatoms. The highest BCUT2D eigenvalue weighted by molar-refractivity contribution is 7.89. The molecule has 0 unspecified atom stereocenters. The van der Waals surface area contributed by atoms with Gasteiger partial charge in [0.25, 0.3) is 0 Å². The molecule has 1 aromatic heterocycles. The number of nitrogens with one attached hydrogen (secondary N) is 2. The van der Waals surface area contributed by atoms with Gasteiger partial charge < -0.3 is 15.2 Å². The second-order valence-corrected chi connectivity index (χ2v) is 9.98. The number of amides is 1. The fourth-order valence-electron chi connectivity index (χ4n) is 3.98. The number of sulfonamides is 1. The molecule has 2 fully saturated rings. The number of hydrogen-bond acceptors (Lipinski definition) is 6. The molecule has 160 valence electrons. The minimum atomic E-state index is -3.63. The molecule has 8 nitrogen and oxygen atoms in total. The quantitative estimate of drug-likeness (QED) is 0.729. The van der Waals surface area contributed by atoms with E-state index in [2.05, 4.69) is 22.7 Å². The molecule has 3 heterocycles. The molecule has 2 aliphatic heterocycles. The molecule has 3 rings (SSSR count). The van der Waals surface area contributed by atoms with Gasteiger partial charge in [-0.1, -0.05) is 12.1 Å². The van der Waals surface area contributed by atoms with Gasteiger partial charge in [-0.15, -0.1) is 12.4 Å². The monoisotopic (exact) mass is 434 g/mol. The average Bonchev–Trinajstić information content (AvgIpc) is 2.99. The molecule has 0 spiro atoms. The third-order valence-electron chi connectivity index (χ3n) is 5.89. The van der Waals surface area contributed by atoms with Crippen LogP contribution in [0, 0.1) is 25.2 Å². The first-order valence-electron chi connectivity index (χ1n) is 9.64. The fraction of sp³-hybridized carbons (Fsp3) is 0.778. The second-order valence-electron chi connectivity index (χ2n) is 8.11. The normalized spacial score (nSPS) is 21.1. The van der Waals surface area contributed by atoms with Gasteiger partial charge in [-0.3, -0.25) is 4.79 Å². The van der Waals surface area contributed by atoms with Gasteiger partial charge in [0, 0.05) is 25.6 Å². The van der Waals surface area contributed by atoms with Crippen molar-refractivity contribution >= 4 is 28.3 Å². The van der Waals surface area contributed by atoms with Gasteiger partial charge in [-0.25, -0.2) is 8.42 Å². The largest absolute Gasteiger partial charge is 0.360 e. The Morgan fingerprint density at radius 2 is 1.89 bits per heavy atom. The average molecular weight is 435 g/mol. The van der Waals surface area contributed by atoms with E-state index in [1.54, 1.807) is 13.8 Å². The zero-order valence-corrected chi connectivity index (χ0v) is 18.4. The molecule has 2 aliphatic rings. The lowest BCUT2D eigenvalue weighted by Crippen LogP contribution is -2.47. The van der Waals surface area contributed by atoms with Crippen molar-refractivity contribution in [2.45, 2.75) is 51.3 Å². The predicted octanol–water partition coefficient (Wildman–Crippen LogP) is 1.62. The smallest absolute Gasteiger partial charge is 0.248 e. The molecule has 1 aromatic rings. The number of nitrogens with zero attached hydrogens (tertiary/aromatic N) is 2. The van der Waals surface area contributed by atoms with E-state index in [1.165, 1.54) is 4.31 Å². The van der Waals surface area contributed by atoms with Crippen LogP contribution in [0.15, 0.2) is 9.42 Å². The van der Waals surface area contributed by atoms with Gasteiger partial charge in [0.15, 0.2) is 5.76 Å². The summed E-state index contributed by atoms with van der Waals surface area (Å²) in [5.74, 6) is 0.221. The lowest BCUT2D eigenvalue weighted by Gasteiger charge is -2.35. The zero-order valence-electron chi connectivity index (χ0n) is 16.8. The Balaban J connectivity index is 0.00000280. The standard InChI is InChI=1S/C18H30N4O4S.ClH/c1-13-16(14(2)26-21-13)27(24,25)22-10-4-15(5-11-22)17(23)20-12-18(3)6-8-19-9-7-18;/h15,19H,4-12H2,1-3H3,(H,20,23);1H. The van der Waals surface area contributed by atoms with Crippen molar-refractivity contribution in [3.63, 3.8) is 0 Å².